The molecule has 0 unspecified atom stereocenters. The number of esters is 4. The van der Waals surface area contributed by atoms with Crippen molar-refractivity contribution in [2.45, 2.75) is 108 Å². The summed E-state index contributed by atoms with van der Waals surface area (Å²) in [5.41, 5.74) is -8.22. The first-order valence-corrected chi connectivity index (χ1v) is 22.7. The van der Waals surface area contributed by atoms with Crippen molar-refractivity contribution >= 4 is 43.4 Å². The number of amides is 1. The van der Waals surface area contributed by atoms with Crippen molar-refractivity contribution in [3.05, 3.63) is 119 Å². The number of hydrogen-bond acceptors (Lipinski definition) is 15. The highest BCUT2D eigenvalue weighted by Crippen LogP contribution is 2.66. The number of rotatable bonds is 12. The summed E-state index contributed by atoms with van der Waals surface area (Å²) in [6, 6.07) is 22.3. The van der Waals surface area contributed by atoms with Gasteiger partial charge in [-0.25, -0.2) is 14.2 Å². The summed E-state index contributed by atoms with van der Waals surface area (Å²) >= 11 is 0. The van der Waals surface area contributed by atoms with Gasteiger partial charge in [-0.1, -0.05) is 80.6 Å². The van der Waals surface area contributed by atoms with Crippen LogP contribution in [0.5, 0.6) is 0 Å². The third-order valence-electron chi connectivity index (χ3n) is 13.7. The van der Waals surface area contributed by atoms with Crippen molar-refractivity contribution in [1.82, 2.24) is 5.32 Å². The van der Waals surface area contributed by atoms with Gasteiger partial charge < -0.3 is 49.0 Å². The summed E-state index contributed by atoms with van der Waals surface area (Å²) in [5, 5.41) is 28.3. The molecule has 4 aliphatic rings. The van der Waals surface area contributed by atoms with Crippen LogP contribution in [0.2, 0.25) is 0 Å². The second-order valence-corrected chi connectivity index (χ2v) is 19.1. The molecule has 1 saturated heterocycles. The van der Waals surface area contributed by atoms with Crippen LogP contribution in [-0.2, 0) is 52.0 Å². The van der Waals surface area contributed by atoms with Gasteiger partial charge in [0.2, 0.25) is 0 Å². The smallest absolute Gasteiger partial charge is 0.456 e. The predicted molar refractivity (Wildman–Crippen MR) is 229 cm³/mol. The predicted octanol–water partition coefficient (Wildman–Crippen LogP) is 3.85. The molecule has 3 aromatic carbocycles. The first-order chi connectivity index (χ1) is 31.0. The van der Waals surface area contributed by atoms with Crippen molar-refractivity contribution in [3.63, 3.8) is 0 Å². The number of benzene rings is 3. The largest absolute Gasteiger partial charge is 0.469 e. The first-order valence-electron chi connectivity index (χ1n) is 21.2. The molecule has 0 spiro atoms. The van der Waals surface area contributed by atoms with E-state index in [1.165, 1.54) is 52.0 Å². The second-order valence-electron chi connectivity index (χ2n) is 17.9. The molecule has 0 aromatic heterocycles. The molecule has 0 radical (unpaired) electrons. The monoisotopic (exact) mass is 933 g/mol. The first kappa shape index (κ1) is 48.3. The van der Waals surface area contributed by atoms with Crippen LogP contribution in [0.15, 0.2) is 102 Å². The second kappa shape index (κ2) is 17.9. The number of aliphatic hydroxyl groups excluding tert-OH is 1. The van der Waals surface area contributed by atoms with Crippen LogP contribution >= 0.6 is 7.82 Å². The fourth-order valence-corrected chi connectivity index (χ4v) is 11.1. The van der Waals surface area contributed by atoms with Gasteiger partial charge in [0.15, 0.2) is 23.6 Å². The summed E-state index contributed by atoms with van der Waals surface area (Å²) in [6.07, 6.45) is -11.9. The zero-order valence-electron chi connectivity index (χ0n) is 36.9. The van der Waals surface area contributed by atoms with Crippen LogP contribution in [-0.4, -0.2) is 110 Å². The number of phosphoric ester groups is 1. The molecular formula is C47H52NO17P. The lowest BCUT2D eigenvalue weighted by molar-refractivity contribution is -0.344. The number of ketones is 1. The van der Waals surface area contributed by atoms with E-state index in [1.54, 1.807) is 66.7 Å². The summed E-state index contributed by atoms with van der Waals surface area (Å²) in [7, 11) is -5.49. The van der Waals surface area contributed by atoms with Crippen LogP contribution in [0.25, 0.3) is 0 Å². The van der Waals surface area contributed by atoms with Gasteiger partial charge in [-0.3, -0.25) is 23.7 Å². The normalized spacial score (nSPS) is 30.9. The fraction of sp³-hybridized carbons (Fsp3) is 0.447. The number of ether oxygens (including phenoxy) is 5. The molecule has 11 atom stereocenters. The Balaban J connectivity index is 1.43. The topological polar surface area (TPSA) is 268 Å². The lowest BCUT2D eigenvalue weighted by Crippen LogP contribution is -2.82. The van der Waals surface area contributed by atoms with Crippen LogP contribution in [0.1, 0.15) is 86.7 Å². The number of carbonyl (C=O) groups is 6. The molecule has 3 aromatic rings. The van der Waals surface area contributed by atoms with Crippen LogP contribution in [0.4, 0.5) is 0 Å². The Morgan fingerprint density at radius 3 is 1.94 bits per heavy atom. The van der Waals surface area contributed by atoms with E-state index in [9.17, 15) is 48.5 Å². The van der Waals surface area contributed by atoms with Gasteiger partial charge in [0.25, 0.3) is 5.91 Å². The molecule has 66 heavy (non-hydrogen) atoms. The molecule has 18 nitrogen and oxygen atoms in total. The molecule has 19 heteroatoms. The fourth-order valence-electron chi connectivity index (χ4n) is 10.5. The van der Waals surface area contributed by atoms with E-state index in [1.807, 2.05) is 0 Å². The number of nitrogens with one attached hydrogen (secondary N) is 1. The maximum absolute atomic E-state index is 15.8. The Bertz CT molecular complexity index is 2480. The highest BCUT2D eigenvalue weighted by Gasteiger charge is 2.79. The molecule has 352 valence electrons. The summed E-state index contributed by atoms with van der Waals surface area (Å²) in [6.45, 7) is 7.29. The van der Waals surface area contributed by atoms with E-state index in [2.05, 4.69) is 5.32 Å². The molecule has 5 N–H and O–H groups in total. The lowest BCUT2D eigenvalue weighted by atomic mass is 9.44. The molecule has 3 fully saturated rings. The molecule has 3 aliphatic carbocycles. The third-order valence-corrected chi connectivity index (χ3v) is 14.2. The molecule has 7 rings (SSSR count). The minimum Gasteiger partial charge on any atom is -0.456 e. The Morgan fingerprint density at radius 1 is 0.833 bits per heavy atom. The standard InChI is InChI=1S/C47H52NO17P/c1-25-31(62-43(55)36(51)35(28-16-10-7-11-17-28)48-41(53)29-18-12-8-13-19-29)23-47(56)40(63-42(54)30-20-14-9-15-21-30)38-45(6,39(52)37(61-26(2)49)34(25)44(47,4)5)32(65-66(57,58)59)22-33-46(38,24-60-33)64-27(3)50/h7-21,31-33,35-38,40,51,56H,22-24H2,1-6H3,(H,48,53)(H2,57,58,59)/t31-,32-,33+,35-,36+,37+,38-,40-,45+,46-,47+/m0/s1. The Morgan fingerprint density at radius 2 is 1.41 bits per heavy atom. The van der Waals surface area contributed by atoms with Crippen molar-refractivity contribution in [2.24, 2.45) is 16.7 Å². The number of phosphoric acid groups is 1. The highest BCUT2D eigenvalue weighted by atomic mass is 31.2. The summed E-state index contributed by atoms with van der Waals surface area (Å²) in [4.78, 5) is 105. The van der Waals surface area contributed by atoms with Gasteiger partial charge in [-0.2, -0.15) is 0 Å². The van der Waals surface area contributed by atoms with Gasteiger partial charge in [-0.05, 0) is 54.8 Å². The Hall–Kier alpha value is -5.59. The molecule has 1 aliphatic heterocycles. The van der Waals surface area contributed by atoms with Crippen LogP contribution < -0.4 is 5.32 Å². The van der Waals surface area contributed by atoms with E-state index < -0.39 is 133 Å². The van der Waals surface area contributed by atoms with Gasteiger partial charge in [0.05, 0.1) is 35.6 Å². The van der Waals surface area contributed by atoms with E-state index >= 15 is 4.79 Å². The van der Waals surface area contributed by atoms with Crippen molar-refractivity contribution in [3.8, 4) is 0 Å². The van der Waals surface area contributed by atoms with Gasteiger partial charge in [0.1, 0.15) is 23.9 Å². The van der Waals surface area contributed by atoms with E-state index in [0.717, 1.165) is 13.8 Å². The Labute approximate surface area is 379 Å². The summed E-state index contributed by atoms with van der Waals surface area (Å²) < 4.78 is 48.4. The average Bonchev–Trinajstić information content (AvgIpc) is 3.26. The maximum Gasteiger partial charge on any atom is 0.469 e. The highest BCUT2D eigenvalue weighted by molar-refractivity contribution is 7.46. The molecule has 1 amide bonds. The zero-order valence-corrected chi connectivity index (χ0v) is 37.8. The number of Topliss-reactive ketones (excluding diaryl/α,β-unsaturated/α-hetero) is 1. The van der Waals surface area contributed by atoms with E-state index in [4.69, 9.17) is 28.2 Å². The van der Waals surface area contributed by atoms with E-state index in [-0.39, 0.29) is 22.3 Å². The minimum absolute atomic E-state index is 0.0214. The van der Waals surface area contributed by atoms with Crippen molar-refractivity contribution in [1.29, 1.82) is 0 Å². The third kappa shape index (κ3) is 8.51. The molecule has 1 heterocycles. The average molecular weight is 934 g/mol. The SMILES string of the molecule is CC(=O)O[C@H]1C(=O)[C@]2(C)[C@@H](OP(=O)(O)O)C[C@H]3OC[C@@]3(OC(C)=O)[C@H]2[C@H](OC(=O)c2ccccc2)[C@]2(O)C[C@H](OC(=O)[C@H](O)[C@@H](NC(=O)c3ccccc3)c3ccccc3)C(C)=C1C2(C)C. The number of hydrogen-bond donors (Lipinski definition) is 5. The van der Waals surface area contributed by atoms with Crippen molar-refractivity contribution in [2.75, 3.05) is 6.61 Å². The van der Waals surface area contributed by atoms with E-state index in [0.29, 0.717) is 5.56 Å². The minimum atomic E-state index is -5.49. The van der Waals surface area contributed by atoms with Crippen molar-refractivity contribution < 1.29 is 81.5 Å². The lowest BCUT2D eigenvalue weighted by Gasteiger charge is -2.67. The number of fused-ring (bicyclic) bond motifs is 5. The molecular weight excluding hydrogens is 881 g/mol. The maximum atomic E-state index is 15.8. The van der Waals surface area contributed by atoms with Crippen LogP contribution in [0, 0.1) is 16.7 Å². The molecule has 2 saturated carbocycles. The quantitative estimate of drug-likeness (QED) is 0.0747. The number of aliphatic hydroxyl groups is 2. The zero-order chi connectivity index (χ0) is 48.1. The molecule has 2 bridgehead atoms. The van der Waals surface area contributed by atoms with Gasteiger partial charge in [0, 0.05) is 37.7 Å². The van der Waals surface area contributed by atoms with Gasteiger partial charge >= 0.3 is 31.7 Å². The van der Waals surface area contributed by atoms with Gasteiger partial charge in [-0.15, -0.1) is 0 Å². The Kier molecular flexibility index (Phi) is 13.1. The summed E-state index contributed by atoms with van der Waals surface area (Å²) in [5.74, 6) is -7.71. The van der Waals surface area contributed by atoms with Crippen LogP contribution in [0.3, 0.4) is 0 Å². The number of carbonyl (C=O) groups excluding carboxylic acids is 6.